The van der Waals surface area contributed by atoms with Crippen LogP contribution in [0.15, 0.2) is 48.5 Å². The number of fused-ring (bicyclic) bond motifs is 1. The maximum atomic E-state index is 5.47. The van der Waals surface area contributed by atoms with E-state index in [9.17, 15) is 0 Å². The molecule has 2 aromatic carbocycles. The number of nitrogens with one attached hydrogen (secondary N) is 1. The van der Waals surface area contributed by atoms with Crippen LogP contribution in [-0.4, -0.2) is 38.2 Å². The third kappa shape index (κ3) is 3.73. The monoisotopic (exact) mass is 336 g/mol. The van der Waals surface area contributed by atoms with Crippen molar-refractivity contribution >= 4 is 0 Å². The minimum Gasteiger partial charge on any atom is -0.496 e. The molecule has 3 heteroatoms. The van der Waals surface area contributed by atoms with Gasteiger partial charge < -0.3 is 15.0 Å². The minimum absolute atomic E-state index is 0.379. The van der Waals surface area contributed by atoms with Crippen molar-refractivity contribution in [3.63, 3.8) is 0 Å². The van der Waals surface area contributed by atoms with Gasteiger partial charge in [0.2, 0.25) is 0 Å². The van der Waals surface area contributed by atoms with Crippen LogP contribution in [0.25, 0.3) is 11.1 Å². The lowest BCUT2D eigenvalue weighted by Crippen LogP contribution is -2.32. The zero-order valence-electron chi connectivity index (χ0n) is 15.2. The fourth-order valence-corrected chi connectivity index (χ4v) is 4.07. The maximum Gasteiger partial charge on any atom is 0.126 e. The van der Waals surface area contributed by atoms with Crippen molar-refractivity contribution in [3.8, 4) is 16.9 Å². The third-order valence-corrected chi connectivity index (χ3v) is 5.76. The number of benzene rings is 2. The molecule has 2 aliphatic rings. The first kappa shape index (κ1) is 16.6. The molecule has 1 saturated carbocycles. The highest BCUT2D eigenvalue weighted by molar-refractivity contribution is 5.70. The van der Waals surface area contributed by atoms with Gasteiger partial charge in [-0.1, -0.05) is 42.5 Å². The molecule has 1 saturated heterocycles. The number of likely N-dealkylation sites (tertiary alicyclic amines) is 1. The Hall–Kier alpha value is -1.84. The normalized spacial score (nSPS) is 23.3. The van der Waals surface area contributed by atoms with Gasteiger partial charge in [0, 0.05) is 37.8 Å². The van der Waals surface area contributed by atoms with Crippen LogP contribution in [-0.2, 0) is 0 Å². The molecule has 1 aliphatic carbocycles. The van der Waals surface area contributed by atoms with Gasteiger partial charge in [-0.2, -0.15) is 0 Å². The second-order valence-electron chi connectivity index (χ2n) is 7.51. The first-order valence-corrected chi connectivity index (χ1v) is 9.43. The molecular formula is C22H28N2O. The Morgan fingerprint density at radius 3 is 2.52 bits per heavy atom. The Bertz CT molecular complexity index is 702. The number of methoxy groups -OCH3 is 1. The Morgan fingerprint density at radius 1 is 1.08 bits per heavy atom. The lowest BCUT2D eigenvalue weighted by atomic mass is 10.0. The van der Waals surface area contributed by atoms with Gasteiger partial charge in [0.05, 0.1) is 7.11 Å². The summed E-state index contributed by atoms with van der Waals surface area (Å²) in [7, 11) is 1.73. The van der Waals surface area contributed by atoms with E-state index >= 15 is 0 Å². The smallest absolute Gasteiger partial charge is 0.126 e. The second kappa shape index (κ2) is 7.19. The fraction of sp³-hybridized carbons (Fsp3) is 0.455. The minimum atomic E-state index is 0.379. The molecule has 0 bridgehead atoms. The molecule has 3 atom stereocenters. The van der Waals surface area contributed by atoms with Gasteiger partial charge in [0.25, 0.3) is 0 Å². The quantitative estimate of drug-likeness (QED) is 0.828. The van der Waals surface area contributed by atoms with Crippen molar-refractivity contribution in [3.05, 3.63) is 54.1 Å². The number of hydrogen-bond donors (Lipinski definition) is 1. The van der Waals surface area contributed by atoms with E-state index in [4.69, 9.17) is 4.74 Å². The van der Waals surface area contributed by atoms with Crippen molar-refractivity contribution < 1.29 is 4.74 Å². The second-order valence-corrected chi connectivity index (χ2v) is 7.51. The molecule has 3 nitrogen and oxygen atoms in total. The summed E-state index contributed by atoms with van der Waals surface area (Å²) in [5.74, 6) is 2.98. The van der Waals surface area contributed by atoms with E-state index in [2.05, 4.69) is 53.5 Å². The molecule has 132 valence electrons. The average Bonchev–Trinajstić information content (AvgIpc) is 3.27. The fourth-order valence-electron chi connectivity index (χ4n) is 4.07. The van der Waals surface area contributed by atoms with Crippen LogP contribution in [0.3, 0.4) is 0 Å². The van der Waals surface area contributed by atoms with Gasteiger partial charge in [0.15, 0.2) is 0 Å². The summed E-state index contributed by atoms with van der Waals surface area (Å²) in [4.78, 5) is 2.61. The van der Waals surface area contributed by atoms with Crippen LogP contribution < -0.4 is 10.1 Å². The number of hydrogen-bond acceptors (Lipinski definition) is 3. The van der Waals surface area contributed by atoms with Gasteiger partial charge in [-0.3, -0.25) is 0 Å². The van der Waals surface area contributed by atoms with Gasteiger partial charge in [-0.25, -0.2) is 0 Å². The molecule has 0 spiro atoms. The summed E-state index contributed by atoms with van der Waals surface area (Å²) in [6.45, 7) is 7.15. The van der Waals surface area contributed by atoms with E-state index in [0.717, 1.165) is 29.7 Å². The van der Waals surface area contributed by atoms with Crippen LogP contribution in [0.4, 0.5) is 0 Å². The summed E-state index contributed by atoms with van der Waals surface area (Å²) in [6, 6.07) is 17.4. The van der Waals surface area contributed by atoms with E-state index in [1.54, 1.807) is 7.11 Å². The molecule has 25 heavy (non-hydrogen) atoms. The van der Waals surface area contributed by atoms with Crippen LogP contribution in [0.1, 0.15) is 24.9 Å². The van der Waals surface area contributed by atoms with Crippen molar-refractivity contribution in [1.82, 2.24) is 10.2 Å². The van der Waals surface area contributed by atoms with E-state index in [1.807, 2.05) is 12.1 Å². The predicted molar refractivity (Wildman–Crippen MR) is 103 cm³/mol. The SMILES string of the molecule is COc1ccccc1-c1ccc(C(C)NCCN2CC3CC3C2)cc1. The first-order valence-electron chi connectivity index (χ1n) is 9.43. The zero-order chi connectivity index (χ0) is 17.2. The Balaban J connectivity index is 1.33. The molecule has 2 aromatic rings. The number of para-hydroxylation sites is 1. The molecule has 0 radical (unpaired) electrons. The van der Waals surface area contributed by atoms with E-state index in [0.29, 0.717) is 6.04 Å². The molecule has 0 aromatic heterocycles. The van der Waals surface area contributed by atoms with Crippen LogP contribution in [0.5, 0.6) is 5.75 Å². The maximum absolute atomic E-state index is 5.47. The van der Waals surface area contributed by atoms with Crippen molar-refractivity contribution in [1.29, 1.82) is 0 Å². The summed E-state index contributed by atoms with van der Waals surface area (Å²) in [5.41, 5.74) is 3.68. The number of piperidine rings is 1. The molecule has 4 rings (SSSR count). The van der Waals surface area contributed by atoms with E-state index in [1.165, 1.54) is 37.2 Å². The average molecular weight is 336 g/mol. The summed E-state index contributed by atoms with van der Waals surface area (Å²) < 4.78 is 5.47. The molecular weight excluding hydrogens is 308 g/mol. The van der Waals surface area contributed by atoms with Crippen LogP contribution >= 0.6 is 0 Å². The predicted octanol–water partition coefficient (Wildman–Crippen LogP) is 3.96. The third-order valence-electron chi connectivity index (χ3n) is 5.76. The lowest BCUT2D eigenvalue weighted by Gasteiger charge is -2.20. The van der Waals surface area contributed by atoms with Gasteiger partial charge >= 0.3 is 0 Å². The van der Waals surface area contributed by atoms with Crippen molar-refractivity contribution in [2.75, 3.05) is 33.3 Å². The number of rotatable bonds is 7. The topological polar surface area (TPSA) is 24.5 Å². The first-order chi connectivity index (χ1) is 12.2. The van der Waals surface area contributed by atoms with Crippen LogP contribution in [0, 0.1) is 11.8 Å². The highest BCUT2D eigenvalue weighted by Crippen LogP contribution is 2.44. The molecule has 1 aliphatic heterocycles. The van der Waals surface area contributed by atoms with Gasteiger partial charge in [-0.15, -0.1) is 0 Å². The van der Waals surface area contributed by atoms with Crippen molar-refractivity contribution in [2.45, 2.75) is 19.4 Å². The van der Waals surface area contributed by atoms with Crippen LogP contribution in [0.2, 0.25) is 0 Å². The van der Waals surface area contributed by atoms with Gasteiger partial charge in [0.1, 0.15) is 5.75 Å². The summed E-state index contributed by atoms with van der Waals surface area (Å²) in [6.07, 6.45) is 1.48. The largest absolute Gasteiger partial charge is 0.496 e. The molecule has 2 fully saturated rings. The number of ether oxygens (including phenoxy) is 1. The number of nitrogens with zero attached hydrogens (tertiary/aromatic N) is 1. The zero-order valence-corrected chi connectivity index (χ0v) is 15.2. The molecule has 1 heterocycles. The highest BCUT2D eigenvalue weighted by Gasteiger charge is 2.44. The molecule has 0 amide bonds. The van der Waals surface area contributed by atoms with Crippen molar-refractivity contribution in [2.24, 2.45) is 11.8 Å². The standard InChI is InChI=1S/C22H28N2O/c1-16(23-11-12-24-14-19-13-20(19)15-24)17-7-9-18(10-8-17)21-5-3-4-6-22(21)25-2/h3-10,16,19-20,23H,11-15H2,1-2H3. The van der Waals surface area contributed by atoms with Gasteiger partial charge in [-0.05, 0) is 42.4 Å². The Kier molecular flexibility index (Phi) is 4.78. The van der Waals surface area contributed by atoms with E-state index in [-0.39, 0.29) is 0 Å². The highest BCUT2D eigenvalue weighted by atomic mass is 16.5. The van der Waals surface area contributed by atoms with E-state index < -0.39 is 0 Å². The summed E-state index contributed by atoms with van der Waals surface area (Å²) in [5, 5.41) is 3.67. The summed E-state index contributed by atoms with van der Waals surface area (Å²) >= 11 is 0. The lowest BCUT2D eigenvalue weighted by molar-refractivity contribution is 0.299. The Morgan fingerprint density at radius 2 is 1.80 bits per heavy atom. The molecule has 1 N–H and O–H groups in total. The molecule has 3 unspecified atom stereocenters. The Labute approximate surface area is 151 Å².